The first-order valence-corrected chi connectivity index (χ1v) is 8.89. The molecule has 0 saturated carbocycles. The zero-order valence-corrected chi connectivity index (χ0v) is 16.5. The van der Waals surface area contributed by atoms with Gasteiger partial charge >= 0.3 is 5.97 Å². The summed E-state index contributed by atoms with van der Waals surface area (Å²) < 4.78 is 5.49. The minimum atomic E-state index is -1.04. The summed E-state index contributed by atoms with van der Waals surface area (Å²) in [5.74, 6) is -0.633. The van der Waals surface area contributed by atoms with Crippen LogP contribution in [0.1, 0.15) is 42.3 Å². The van der Waals surface area contributed by atoms with E-state index in [1.165, 1.54) is 23.8 Å². The van der Waals surface area contributed by atoms with Gasteiger partial charge in [0.25, 0.3) is 0 Å². The zero-order chi connectivity index (χ0) is 20.0. The number of hydrogen-bond donors (Lipinski definition) is 2. The highest BCUT2D eigenvalue weighted by molar-refractivity contribution is 6.32. The van der Waals surface area contributed by atoms with Crippen molar-refractivity contribution in [2.75, 3.05) is 13.2 Å². The first-order valence-electron chi connectivity index (χ1n) is 8.52. The summed E-state index contributed by atoms with van der Waals surface area (Å²) in [5.41, 5.74) is 5.85. The lowest BCUT2D eigenvalue weighted by Crippen LogP contribution is -2.17. The predicted molar refractivity (Wildman–Crippen MR) is 107 cm³/mol. The number of carboxylic acid groups (broad SMARTS) is 1. The van der Waals surface area contributed by atoms with Crippen molar-refractivity contribution in [1.82, 2.24) is 5.48 Å². The standard InChI is InChI=1S/C21H24ClNO4/c1-14(15-5-8-17(9-6-15)21(2,3)4)23-27-12-11-26-19-10-7-16(20(24)25)13-18(19)22/h5-10,13,23H,1,11-12H2,2-4H3,(H,24,25). The summed E-state index contributed by atoms with van der Waals surface area (Å²) in [6, 6.07) is 12.5. The first-order chi connectivity index (χ1) is 12.7. The quantitative estimate of drug-likeness (QED) is 0.496. The molecule has 5 nitrogen and oxygen atoms in total. The van der Waals surface area contributed by atoms with Gasteiger partial charge in [-0.3, -0.25) is 10.3 Å². The van der Waals surface area contributed by atoms with Gasteiger partial charge in [-0.2, -0.15) is 0 Å². The fourth-order valence-electron chi connectivity index (χ4n) is 2.31. The molecule has 0 saturated heterocycles. The van der Waals surface area contributed by atoms with Crippen molar-refractivity contribution in [3.63, 3.8) is 0 Å². The lowest BCUT2D eigenvalue weighted by molar-refractivity contribution is 0.0541. The van der Waals surface area contributed by atoms with Gasteiger partial charge in [0.15, 0.2) is 0 Å². The number of hydrogen-bond acceptors (Lipinski definition) is 4. The van der Waals surface area contributed by atoms with Crippen molar-refractivity contribution in [2.24, 2.45) is 0 Å². The normalized spacial score (nSPS) is 11.1. The number of hydroxylamine groups is 1. The number of nitrogens with one attached hydrogen (secondary N) is 1. The van der Waals surface area contributed by atoms with Gasteiger partial charge in [-0.1, -0.05) is 63.2 Å². The SMILES string of the molecule is C=C(NOCCOc1ccc(C(=O)O)cc1Cl)c1ccc(C(C)(C)C)cc1. The van der Waals surface area contributed by atoms with Gasteiger partial charge in [0.2, 0.25) is 0 Å². The van der Waals surface area contributed by atoms with Gasteiger partial charge in [0, 0.05) is 0 Å². The summed E-state index contributed by atoms with van der Waals surface area (Å²) in [7, 11) is 0. The molecule has 144 valence electrons. The Morgan fingerprint density at radius 1 is 1.11 bits per heavy atom. The Morgan fingerprint density at radius 2 is 1.74 bits per heavy atom. The number of rotatable bonds is 8. The van der Waals surface area contributed by atoms with Crippen LogP contribution in [0.5, 0.6) is 5.75 Å². The first kappa shape index (κ1) is 20.8. The second kappa shape index (κ2) is 8.93. The maximum atomic E-state index is 10.9. The third-order valence-electron chi connectivity index (χ3n) is 3.92. The van der Waals surface area contributed by atoms with E-state index in [1.807, 2.05) is 12.1 Å². The number of halogens is 1. The van der Waals surface area contributed by atoms with Gasteiger partial charge in [-0.15, -0.1) is 0 Å². The van der Waals surface area contributed by atoms with E-state index in [0.29, 0.717) is 11.4 Å². The Hall–Kier alpha value is -2.50. The highest BCUT2D eigenvalue weighted by atomic mass is 35.5. The van der Waals surface area contributed by atoms with Gasteiger partial charge in [-0.25, -0.2) is 4.79 Å². The third kappa shape index (κ3) is 6.01. The molecule has 0 unspecified atom stereocenters. The van der Waals surface area contributed by atoms with Gasteiger partial charge < -0.3 is 9.84 Å². The fraction of sp³-hybridized carbons (Fsp3) is 0.286. The molecule has 0 aliphatic rings. The van der Waals surface area contributed by atoms with E-state index in [1.54, 1.807) is 0 Å². The molecule has 0 spiro atoms. The van der Waals surface area contributed by atoms with E-state index in [0.717, 1.165) is 5.56 Å². The number of carbonyl (C=O) groups is 1. The Morgan fingerprint density at radius 3 is 2.30 bits per heavy atom. The average Bonchev–Trinajstić information content (AvgIpc) is 2.61. The van der Waals surface area contributed by atoms with E-state index in [9.17, 15) is 4.79 Å². The van der Waals surface area contributed by atoms with E-state index in [-0.39, 0.29) is 29.2 Å². The molecule has 0 aromatic heterocycles. The van der Waals surface area contributed by atoms with Gasteiger partial charge in [0.05, 0.1) is 16.3 Å². The summed E-state index contributed by atoms with van der Waals surface area (Å²) in [4.78, 5) is 16.2. The molecular formula is C21H24ClNO4. The molecule has 0 aliphatic heterocycles. The molecule has 0 aliphatic carbocycles. The van der Waals surface area contributed by atoms with Crippen LogP contribution in [0.2, 0.25) is 5.02 Å². The van der Waals surface area contributed by atoms with Crippen LogP contribution in [0.4, 0.5) is 0 Å². The minimum absolute atomic E-state index is 0.102. The van der Waals surface area contributed by atoms with Crippen LogP contribution in [0.3, 0.4) is 0 Å². The Labute approximate surface area is 164 Å². The molecule has 2 aromatic rings. The highest BCUT2D eigenvalue weighted by Gasteiger charge is 2.13. The Bertz CT molecular complexity index is 810. The number of aromatic carboxylic acids is 1. The molecule has 2 N–H and O–H groups in total. The lowest BCUT2D eigenvalue weighted by Gasteiger charge is -2.19. The van der Waals surface area contributed by atoms with Crippen LogP contribution in [0, 0.1) is 0 Å². The fourth-order valence-corrected chi connectivity index (χ4v) is 2.55. The van der Waals surface area contributed by atoms with Crippen molar-refractivity contribution in [3.8, 4) is 5.75 Å². The van der Waals surface area contributed by atoms with E-state index < -0.39 is 5.97 Å². The highest BCUT2D eigenvalue weighted by Crippen LogP contribution is 2.25. The van der Waals surface area contributed by atoms with Crippen LogP contribution in [-0.2, 0) is 10.3 Å². The van der Waals surface area contributed by atoms with Crippen molar-refractivity contribution in [2.45, 2.75) is 26.2 Å². The van der Waals surface area contributed by atoms with Gasteiger partial charge in [-0.05, 0) is 34.7 Å². The Balaban J connectivity index is 1.77. The predicted octanol–water partition coefficient (Wildman–Crippen LogP) is 4.91. The second-order valence-electron chi connectivity index (χ2n) is 7.06. The summed E-state index contributed by atoms with van der Waals surface area (Å²) in [5, 5.41) is 9.15. The molecule has 0 bridgehead atoms. The van der Waals surface area contributed by atoms with Crippen LogP contribution in [-0.4, -0.2) is 24.3 Å². The summed E-state index contributed by atoms with van der Waals surface area (Å²) in [6.07, 6.45) is 0. The number of benzene rings is 2. The van der Waals surface area contributed by atoms with Crippen molar-refractivity contribution in [3.05, 3.63) is 70.8 Å². The van der Waals surface area contributed by atoms with Crippen molar-refractivity contribution in [1.29, 1.82) is 0 Å². The molecule has 27 heavy (non-hydrogen) atoms. The maximum Gasteiger partial charge on any atom is 0.335 e. The minimum Gasteiger partial charge on any atom is -0.490 e. The maximum absolute atomic E-state index is 10.9. The van der Waals surface area contributed by atoms with E-state index in [4.69, 9.17) is 26.3 Å². The van der Waals surface area contributed by atoms with Crippen LogP contribution in [0.25, 0.3) is 5.70 Å². The zero-order valence-electron chi connectivity index (χ0n) is 15.7. The third-order valence-corrected chi connectivity index (χ3v) is 4.21. The van der Waals surface area contributed by atoms with Crippen LogP contribution >= 0.6 is 11.6 Å². The smallest absolute Gasteiger partial charge is 0.335 e. The molecule has 0 fully saturated rings. The molecular weight excluding hydrogens is 366 g/mol. The number of carboxylic acids is 1. The molecule has 2 rings (SSSR count). The van der Waals surface area contributed by atoms with Crippen molar-refractivity contribution < 1.29 is 19.5 Å². The average molecular weight is 390 g/mol. The van der Waals surface area contributed by atoms with Crippen LogP contribution < -0.4 is 10.2 Å². The molecule has 0 radical (unpaired) electrons. The van der Waals surface area contributed by atoms with Crippen LogP contribution in [0.15, 0.2) is 49.0 Å². The van der Waals surface area contributed by atoms with E-state index >= 15 is 0 Å². The molecule has 6 heteroatoms. The van der Waals surface area contributed by atoms with E-state index in [2.05, 4.69) is 45.0 Å². The Kier molecular flexibility index (Phi) is 6.88. The summed E-state index contributed by atoms with van der Waals surface area (Å²) >= 11 is 6.00. The molecule has 0 amide bonds. The largest absolute Gasteiger partial charge is 0.490 e. The monoisotopic (exact) mass is 389 g/mol. The molecule has 2 aromatic carbocycles. The summed E-state index contributed by atoms with van der Waals surface area (Å²) in [6.45, 7) is 11.0. The molecule has 0 atom stereocenters. The molecule has 0 heterocycles. The number of ether oxygens (including phenoxy) is 1. The lowest BCUT2D eigenvalue weighted by atomic mass is 9.86. The topological polar surface area (TPSA) is 67.8 Å². The van der Waals surface area contributed by atoms with Crippen molar-refractivity contribution >= 4 is 23.3 Å². The second-order valence-corrected chi connectivity index (χ2v) is 7.46. The van der Waals surface area contributed by atoms with Gasteiger partial charge in [0.1, 0.15) is 19.0 Å².